The number of fused-ring (bicyclic) bond motifs is 1. The Balaban J connectivity index is 1.86. The first-order valence-electron chi connectivity index (χ1n) is 9.16. The summed E-state index contributed by atoms with van der Waals surface area (Å²) in [5.41, 5.74) is 1.86. The van der Waals surface area contributed by atoms with Crippen LogP contribution in [0.25, 0.3) is 10.8 Å². The van der Waals surface area contributed by atoms with Gasteiger partial charge in [-0.05, 0) is 34.7 Å². The lowest BCUT2D eigenvalue weighted by Gasteiger charge is -2.34. The highest BCUT2D eigenvalue weighted by Crippen LogP contribution is 2.26. The minimum Gasteiger partial charge on any atom is -0.395 e. The molecule has 1 aliphatic rings. The van der Waals surface area contributed by atoms with Gasteiger partial charge in [-0.15, -0.1) is 0 Å². The molecule has 132 valence electrons. The van der Waals surface area contributed by atoms with Crippen LogP contribution in [0, 0.1) is 5.41 Å². The zero-order valence-electron chi connectivity index (χ0n) is 14.6. The topological polar surface area (TPSA) is 64.4 Å². The second-order valence-electron chi connectivity index (χ2n) is 6.78. The Morgan fingerprint density at radius 1 is 1.12 bits per heavy atom. The molecule has 25 heavy (non-hydrogen) atoms. The van der Waals surface area contributed by atoms with E-state index in [2.05, 4.69) is 0 Å². The van der Waals surface area contributed by atoms with Gasteiger partial charge in [-0.2, -0.15) is 0 Å². The van der Waals surface area contributed by atoms with Crippen molar-refractivity contribution in [2.24, 2.45) is 0 Å². The third-order valence-corrected chi connectivity index (χ3v) is 5.22. The fourth-order valence-corrected chi connectivity index (χ4v) is 3.94. The average Bonchev–Trinajstić information content (AvgIpc) is 2.67. The van der Waals surface area contributed by atoms with Gasteiger partial charge in [-0.1, -0.05) is 55.7 Å². The summed E-state index contributed by atoms with van der Waals surface area (Å²) in [7, 11) is 0. The number of aliphatic hydroxyl groups excluding tert-OH is 1. The van der Waals surface area contributed by atoms with Crippen LogP contribution in [0.3, 0.4) is 0 Å². The Morgan fingerprint density at radius 2 is 1.84 bits per heavy atom. The van der Waals surface area contributed by atoms with Gasteiger partial charge >= 0.3 is 0 Å². The molecule has 0 bridgehead atoms. The summed E-state index contributed by atoms with van der Waals surface area (Å²) >= 11 is 0. The van der Waals surface area contributed by atoms with E-state index in [1.54, 1.807) is 0 Å². The molecule has 0 saturated heterocycles. The fourth-order valence-electron chi connectivity index (χ4n) is 3.94. The lowest BCUT2D eigenvalue weighted by molar-refractivity contribution is -0.134. The van der Waals surface area contributed by atoms with E-state index in [9.17, 15) is 9.90 Å². The predicted molar refractivity (Wildman–Crippen MR) is 101 cm³/mol. The Morgan fingerprint density at radius 3 is 2.52 bits per heavy atom. The number of aliphatic hydroxyl groups is 1. The molecule has 1 fully saturated rings. The third-order valence-electron chi connectivity index (χ3n) is 5.22. The number of carbonyl (C=O) groups is 1. The van der Waals surface area contributed by atoms with Crippen LogP contribution in [0.1, 0.15) is 43.2 Å². The normalized spacial score (nSPS) is 15.2. The Kier molecular flexibility index (Phi) is 5.82. The van der Waals surface area contributed by atoms with Gasteiger partial charge in [0.2, 0.25) is 5.91 Å². The van der Waals surface area contributed by atoms with Crippen molar-refractivity contribution in [3.8, 4) is 0 Å². The molecule has 0 unspecified atom stereocenters. The van der Waals surface area contributed by atoms with E-state index in [0.29, 0.717) is 13.0 Å². The van der Waals surface area contributed by atoms with E-state index in [0.717, 1.165) is 47.6 Å². The van der Waals surface area contributed by atoms with E-state index in [4.69, 9.17) is 5.41 Å². The van der Waals surface area contributed by atoms with Crippen molar-refractivity contribution in [2.75, 3.05) is 13.2 Å². The maximum absolute atomic E-state index is 13.0. The van der Waals surface area contributed by atoms with E-state index in [1.165, 1.54) is 12.6 Å². The molecule has 1 amide bonds. The smallest absolute Gasteiger partial charge is 0.227 e. The molecule has 0 radical (unpaired) electrons. The van der Waals surface area contributed by atoms with Gasteiger partial charge in [0, 0.05) is 18.8 Å². The van der Waals surface area contributed by atoms with Crippen LogP contribution in [0.4, 0.5) is 0 Å². The highest BCUT2D eigenvalue weighted by atomic mass is 16.3. The summed E-state index contributed by atoms with van der Waals surface area (Å²) in [4.78, 5) is 14.9. The van der Waals surface area contributed by atoms with Crippen molar-refractivity contribution in [3.63, 3.8) is 0 Å². The molecular weight excluding hydrogens is 312 g/mol. The number of carbonyl (C=O) groups excluding carboxylic acids is 1. The first-order valence-corrected chi connectivity index (χ1v) is 9.16. The first-order chi connectivity index (χ1) is 12.2. The van der Waals surface area contributed by atoms with Crippen molar-refractivity contribution in [1.29, 1.82) is 5.41 Å². The van der Waals surface area contributed by atoms with Gasteiger partial charge in [0.25, 0.3) is 0 Å². The zero-order chi connectivity index (χ0) is 17.6. The molecule has 4 nitrogen and oxygen atoms in total. The molecule has 0 aliphatic heterocycles. The fraction of sp³-hybridized carbons (Fsp3) is 0.429. The molecule has 0 spiro atoms. The highest BCUT2D eigenvalue weighted by Gasteiger charge is 2.25. The van der Waals surface area contributed by atoms with Crippen LogP contribution in [-0.4, -0.2) is 41.3 Å². The molecule has 4 heteroatoms. The molecule has 2 aromatic rings. The van der Waals surface area contributed by atoms with Crippen LogP contribution in [0.15, 0.2) is 36.4 Å². The van der Waals surface area contributed by atoms with Crippen LogP contribution in [-0.2, 0) is 11.2 Å². The number of hydrogen-bond donors (Lipinski definition) is 2. The quantitative estimate of drug-likeness (QED) is 0.791. The first kappa shape index (κ1) is 17.6. The molecule has 3 rings (SSSR count). The van der Waals surface area contributed by atoms with E-state index in [-0.39, 0.29) is 18.6 Å². The van der Waals surface area contributed by atoms with Crippen molar-refractivity contribution in [1.82, 2.24) is 4.90 Å². The third kappa shape index (κ3) is 3.90. The van der Waals surface area contributed by atoms with E-state index < -0.39 is 0 Å². The summed E-state index contributed by atoms with van der Waals surface area (Å²) in [5, 5.41) is 19.0. The summed E-state index contributed by atoms with van der Waals surface area (Å²) in [6.45, 7) is 0.426. The van der Waals surface area contributed by atoms with Crippen LogP contribution < -0.4 is 0 Å². The Bertz CT molecular complexity index is 751. The monoisotopic (exact) mass is 338 g/mol. The van der Waals surface area contributed by atoms with E-state index >= 15 is 0 Å². The minimum atomic E-state index is 0.00965. The van der Waals surface area contributed by atoms with E-state index in [1.807, 2.05) is 41.3 Å². The molecule has 1 saturated carbocycles. The molecule has 0 heterocycles. The van der Waals surface area contributed by atoms with Crippen LogP contribution >= 0.6 is 0 Å². The van der Waals surface area contributed by atoms with Gasteiger partial charge in [0.15, 0.2) is 0 Å². The van der Waals surface area contributed by atoms with Crippen LogP contribution in [0.5, 0.6) is 0 Å². The van der Waals surface area contributed by atoms with Crippen molar-refractivity contribution in [2.45, 2.75) is 44.6 Å². The predicted octanol–water partition coefficient (Wildman–Crippen LogP) is 3.53. The van der Waals surface area contributed by atoms with Gasteiger partial charge < -0.3 is 15.4 Å². The summed E-state index contributed by atoms with van der Waals surface area (Å²) in [6, 6.07) is 12.1. The molecule has 1 aliphatic carbocycles. The van der Waals surface area contributed by atoms with Crippen LogP contribution in [0.2, 0.25) is 0 Å². The maximum atomic E-state index is 13.0. The minimum absolute atomic E-state index is 0.00965. The molecule has 0 aromatic heterocycles. The standard InChI is InChI=1S/C21H26N2O2/c22-15-17-11-10-16(19-8-4-5-9-20(17)19)14-21(25)23(12-13-24)18-6-2-1-3-7-18/h4-5,8-11,15,18,22,24H,1-3,6-7,12-14H2. The highest BCUT2D eigenvalue weighted by molar-refractivity contribution is 6.01. The van der Waals surface area contributed by atoms with Crippen molar-refractivity contribution < 1.29 is 9.90 Å². The maximum Gasteiger partial charge on any atom is 0.227 e. The SMILES string of the molecule is N=Cc1ccc(CC(=O)N(CCO)C2CCCCC2)c2ccccc12. The number of benzene rings is 2. The average molecular weight is 338 g/mol. The second-order valence-corrected chi connectivity index (χ2v) is 6.78. The second kappa shape index (κ2) is 8.26. The largest absolute Gasteiger partial charge is 0.395 e. The van der Waals surface area contributed by atoms with Crippen molar-refractivity contribution >= 4 is 22.9 Å². The number of rotatable bonds is 6. The molecule has 2 N–H and O–H groups in total. The Hall–Kier alpha value is -2.20. The molecule has 2 aromatic carbocycles. The van der Waals surface area contributed by atoms with Gasteiger partial charge in [-0.3, -0.25) is 4.79 Å². The van der Waals surface area contributed by atoms with Gasteiger partial charge in [0.05, 0.1) is 13.0 Å². The number of hydrogen-bond acceptors (Lipinski definition) is 3. The lowest BCUT2D eigenvalue weighted by Crippen LogP contribution is -2.43. The Labute approximate surface area is 149 Å². The zero-order valence-corrected chi connectivity index (χ0v) is 14.6. The lowest BCUT2D eigenvalue weighted by atomic mass is 9.93. The summed E-state index contributed by atoms with van der Waals surface area (Å²) < 4.78 is 0. The summed E-state index contributed by atoms with van der Waals surface area (Å²) in [6.07, 6.45) is 7.35. The molecule has 0 atom stereocenters. The van der Waals surface area contributed by atoms with Gasteiger partial charge in [-0.25, -0.2) is 0 Å². The van der Waals surface area contributed by atoms with Gasteiger partial charge in [0.1, 0.15) is 0 Å². The number of nitrogens with zero attached hydrogens (tertiary/aromatic N) is 1. The molecular formula is C21H26N2O2. The summed E-state index contributed by atoms with van der Waals surface area (Å²) in [5.74, 6) is 0.0914. The number of nitrogens with one attached hydrogen (secondary N) is 1. The number of amides is 1. The van der Waals surface area contributed by atoms with Crippen molar-refractivity contribution in [3.05, 3.63) is 47.5 Å².